The van der Waals surface area contributed by atoms with Crippen LogP contribution >= 0.6 is 0 Å². The maximum absolute atomic E-state index is 13.2. The summed E-state index contributed by atoms with van der Waals surface area (Å²) in [5, 5.41) is 0. The summed E-state index contributed by atoms with van der Waals surface area (Å²) in [5.41, 5.74) is 0. The molecule has 0 aromatic heterocycles. The Bertz CT molecular complexity index is 352. The van der Waals surface area contributed by atoms with E-state index in [1.807, 2.05) is 0 Å². The summed E-state index contributed by atoms with van der Waals surface area (Å²) in [7, 11) is 0. The molecule has 0 radical (unpaired) electrons. The van der Waals surface area contributed by atoms with Gasteiger partial charge >= 0.3 is 24.0 Å². The summed E-state index contributed by atoms with van der Waals surface area (Å²) in [6.07, 6.45) is -7.37. The molecule has 4 nitrogen and oxygen atoms in total. The van der Waals surface area contributed by atoms with Crippen molar-refractivity contribution in [2.75, 3.05) is 13.2 Å². The summed E-state index contributed by atoms with van der Waals surface area (Å²) in [6, 6.07) is 0. The van der Waals surface area contributed by atoms with Crippen LogP contribution < -0.4 is 0 Å². The van der Waals surface area contributed by atoms with Crippen LogP contribution in [0.4, 0.5) is 31.1 Å². The molecule has 1 heterocycles. The van der Waals surface area contributed by atoms with Crippen LogP contribution in [0.3, 0.4) is 0 Å². The Morgan fingerprint density at radius 3 is 2.33 bits per heavy atom. The van der Waals surface area contributed by atoms with E-state index in [-0.39, 0.29) is 6.33 Å². The van der Waals surface area contributed by atoms with Crippen molar-refractivity contribution in [2.45, 2.75) is 17.9 Å². The highest BCUT2D eigenvalue weighted by atomic mass is 19.4. The molecule has 1 unspecified atom stereocenters. The smallest absolute Gasteiger partial charge is 0.427 e. The van der Waals surface area contributed by atoms with Crippen molar-refractivity contribution in [1.29, 1.82) is 0 Å². The third-order valence-corrected chi connectivity index (χ3v) is 1.96. The van der Waals surface area contributed by atoms with E-state index >= 15 is 0 Å². The van der Waals surface area contributed by atoms with Crippen molar-refractivity contribution in [3.8, 4) is 0 Å². The monoisotopic (exact) mass is 280 g/mol. The number of hydrogen-bond donors (Lipinski definition) is 0. The summed E-state index contributed by atoms with van der Waals surface area (Å²) >= 11 is 0. The lowest BCUT2D eigenvalue weighted by Crippen LogP contribution is -2.60. The van der Waals surface area contributed by atoms with E-state index in [0.29, 0.717) is 6.08 Å². The van der Waals surface area contributed by atoms with Crippen LogP contribution in [-0.4, -0.2) is 37.3 Å². The first-order valence-corrected chi connectivity index (χ1v) is 4.36. The fourth-order valence-electron chi connectivity index (χ4n) is 1.10. The Morgan fingerprint density at radius 1 is 1.33 bits per heavy atom. The zero-order valence-corrected chi connectivity index (χ0v) is 8.47. The molecule has 0 N–H and O–H groups in total. The molecule has 18 heavy (non-hydrogen) atoms. The van der Waals surface area contributed by atoms with Crippen molar-refractivity contribution in [1.82, 2.24) is 0 Å². The number of hydrogen-bond acceptors (Lipinski definition) is 4. The number of carbonyl (C=O) groups is 1. The zero-order chi connectivity index (χ0) is 14.0. The van der Waals surface area contributed by atoms with Crippen molar-refractivity contribution in [3.63, 3.8) is 0 Å². The number of alkyl halides is 5. The van der Waals surface area contributed by atoms with E-state index in [1.165, 1.54) is 0 Å². The van der Waals surface area contributed by atoms with Gasteiger partial charge in [0.15, 0.2) is 6.61 Å². The lowest BCUT2D eigenvalue weighted by molar-refractivity contribution is -0.391. The fourth-order valence-corrected chi connectivity index (χ4v) is 1.10. The highest BCUT2D eigenvalue weighted by Gasteiger charge is 2.76. The maximum atomic E-state index is 13.2. The molecule has 0 bridgehead atoms. The summed E-state index contributed by atoms with van der Waals surface area (Å²) < 4.78 is 86.3. The summed E-state index contributed by atoms with van der Waals surface area (Å²) in [4.78, 5) is 10.5. The standard InChI is InChI=1S/C8H6F6O4/c9-2-1-3-17-6(4-16-5(15)18-6)7(10,11)8(12,13)14/h1-2H,3-4H2/b2-1-. The topological polar surface area (TPSA) is 44.8 Å². The number of rotatable bonds is 4. The highest BCUT2D eigenvalue weighted by Crippen LogP contribution is 2.48. The lowest BCUT2D eigenvalue weighted by atomic mass is 10.1. The van der Waals surface area contributed by atoms with Crippen molar-refractivity contribution in [3.05, 3.63) is 12.4 Å². The average molecular weight is 280 g/mol. The van der Waals surface area contributed by atoms with E-state index in [9.17, 15) is 31.1 Å². The second kappa shape index (κ2) is 4.67. The molecule has 0 aromatic rings. The molecule has 104 valence electrons. The minimum Gasteiger partial charge on any atom is -0.427 e. The molecule has 1 rings (SSSR count). The molecule has 1 aliphatic heterocycles. The molecular formula is C8H6F6O4. The van der Waals surface area contributed by atoms with E-state index in [0.717, 1.165) is 0 Å². The van der Waals surface area contributed by atoms with Gasteiger partial charge in [-0.1, -0.05) is 0 Å². The first-order chi connectivity index (χ1) is 8.16. The Morgan fingerprint density at radius 2 is 1.94 bits per heavy atom. The van der Waals surface area contributed by atoms with Crippen LogP contribution in [0.25, 0.3) is 0 Å². The van der Waals surface area contributed by atoms with Crippen molar-refractivity contribution < 1.29 is 45.3 Å². The van der Waals surface area contributed by atoms with E-state index < -0.39 is 37.3 Å². The molecule has 0 aromatic carbocycles. The predicted octanol–water partition coefficient (Wildman–Crippen LogP) is 2.55. The first kappa shape index (κ1) is 14.6. The normalized spacial score (nSPS) is 25.3. The second-order valence-corrected chi connectivity index (χ2v) is 3.14. The van der Waals surface area contributed by atoms with E-state index in [1.54, 1.807) is 0 Å². The van der Waals surface area contributed by atoms with Crippen molar-refractivity contribution in [2.24, 2.45) is 0 Å². The van der Waals surface area contributed by atoms with Gasteiger partial charge in [-0.15, -0.1) is 0 Å². The van der Waals surface area contributed by atoms with Gasteiger partial charge in [0.2, 0.25) is 0 Å². The van der Waals surface area contributed by atoms with Gasteiger partial charge in [-0.3, -0.25) is 0 Å². The average Bonchev–Trinajstić information content (AvgIpc) is 2.60. The van der Waals surface area contributed by atoms with Gasteiger partial charge in [-0.05, 0) is 6.08 Å². The van der Waals surface area contributed by atoms with Gasteiger partial charge in [0.05, 0.1) is 12.9 Å². The molecule has 10 heteroatoms. The molecule has 0 amide bonds. The third kappa shape index (κ3) is 2.37. The minimum absolute atomic E-state index is 0.128. The molecule has 0 saturated carbocycles. The van der Waals surface area contributed by atoms with Crippen molar-refractivity contribution >= 4 is 6.16 Å². The first-order valence-electron chi connectivity index (χ1n) is 4.36. The highest BCUT2D eigenvalue weighted by molar-refractivity contribution is 5.62. The fraction of sp³-hybridized carbons (Fsp3) is 0.625. The quantitative estimate of drug-likeness (QED) is 0.586. The van der Waals surface area contributed by atoms with Crippen LogP contribution in [0.15, 0.2) is 12.4 Å². The molecular weight excluding hydrogens is 274 g/mol. The predicted molar refractivity (Wildman–Crippen MR) is 42.4 cm³/mol. The lowest BCUT2D eigenvalue weighted by Gasteiger charge is -2.33. The van der Waals surface area contributed by atoms with Gasteiger partial charge in [-0.25, -0.2) is 9.18 Å². The Balaban J connectivity index is 3.01. The molecule has 1 fully saturated rings. The molecule has 1 aliphatic rings. The number of cyclic esters (lactones) is 2. The van der Waals surface area contributed by atoms with Gasteiger partial charge in [0.25, 0.3) is 0 Å². The van der Waals surface area contributed by atoms with Crippen LogP contribution in [0.5, 0.6) is 0 Å². The van der Waals surface area contributed by atoms with Crippen LogP contribution in [0.2, 0.25) is 0 Å². The Labute approximate surface area is 96.1 Å². The number of ether oxygens (including phenoxy) is 3. The second-order valence-electron chi connectivity index (χ2n) is 3.14. The molecule has 0 spiro atoms. The van der Waals surface area contributed by atoms with Gasteiger partial charge < -0.3 is 14.2 Å². The molecule has 0 aliphatic carbocycles. The third-order valence-electron chi connectivity index (χ3n) is 1.96. The van der Waals surface area contributed by atoms with Gasteiger partial charge in [-0.2, -0.15) is 22.0 Å². The molecule has 1 saturated heterocycles. The van der Waals surface area contributed by atoms with E-state index in [2.05, 4.69) is 14.2 Å². The summed E-state index contributed by atoms with van der Waals surface area (Å²) in [6.45, 7) is -2.42. The minimum atomic E-state index is -6.03. The Hall–Kier alpha value is -1.45. The molecule has 1 atom stereocenters. The summed E-state index contributed by atoms with van der Waals surface area (Å²) in [5.74, 6) is -9.15. The maximum Gasteiger partial charge on any atom is 0.511 e. The van der Waals surface area contributed by atoms with E-state index in [4.69, 9.17) is 0 Å². The van der Waals surface area contributed by atoms with Crippen LogP contribution in [-0.2, 0) is 14.2 Å². The Kier molecular flexibility index (Phi) is 3.79. The SMILES string of the molecule is O=C1OCC(OC/C=C\F)(C(F)(F)C(F)(F)F)O1. The largest absolute Gasteiger partial charge is 0.511 e. The number of halogens is 6. The van der Waals surface area contributed by atoms with Crippen LogP contribution in [0.1, 0.15) is 0 Å². The number of carbonyl (C=O) groups excluding carboxylic acids is 1. The van der Waals surface area contributed by atoms with Gasteiger partial charge in [0, 0.05) is 0 Å². The zero-order valence-electron chi connectivity index (χ0n) is 8.47. The van der Waals surface area contributed by atoms with Crippen LogP contribution in [0, 0.1) is 0 Å². The van der Waals surface area contributed by atoms with Gasteiger partial charge in [0.1, 0.15) is 0 Å².